The Kier molecular flexibility index (Phi) is 5.70. The number of nitrogens with zero attached hydrogens (tertiary/aromatic N) is 2. The van der Waals surface area contributed by atoms with Crippen LogP contribution in [0.4, 0.5) is 4.79 Å². The minimum atomic E-state index is 0.0772. The molecule has 5 nitrogen and oxygen atoms in total. The number of carbonyl (C=O) groups is 1. The zero-order valence-corrected chi connectivity index (χ0v) is 13.8. The van der Waals surface area contributed by atoms with E-state index in [-0.39, 0.29) is 6.03 Å². The van der Waals surface area contributed by atoms with Crippen molar-refractivity contribution in [1.82, 2.24) is 15.1 Å². The Hall–Kier alpha value is -1.11. The van der Waals surface area contributed by atoms with Gasteiger partial charge >= 0.3 is 6.03 Å². The van der Waals surface area contributed by atoms with Crippen LogP contribution in [-0.4, -0.2) is 67.8 Å². The molecule has 122 valence electrons. The van der Waals surface area contributed by atoms with Crippen molar-refractivity contribution >= 4 is 17.4 Å². The second-order valence-corrected chi connectivity index (χ2v) is 7.02. The van der Waals surface area contributed by atoms with Crippen molar-refractivity contribution in [2.75, 3.05) is 45.9 Å². The first-order valence-corrected chi connectivity index (χ1v) is 9.08. The molecular weight excluding hydrogens is 298 g/mol. The number of hydrogen-bond acceptors (Lipinski definition) is 4. The molecule has 0 aliphatic carbocycles. The standard InChI is InChI=1S/C16H25N3O2S/c20-16(17-6-5-15-4-2-12-22-15)19-9-7-18(8-10-19)13-14-3-1-11-21-14/h2,4,12,14H,1,3,5-11,13H2,(H,17,20)/t14-/m1/s1. The fourth-order valence-corrected chi connectivity index (χ4v) is 3.78. The summed E-state index contributed by atoms with van der Waals surface area (Å²) in [6.45, 7) is 6.20. The van der Waals surface area contributed by atoms with E-state index < -0.39 is 0 Å². The number of piperazine rings is 1. The molecular formula is C16H25N3O2S. The largest absolute Gasteiger partial charge is 0.377 e. The van der Waals surface area contributed by atoms with Crippen molar-refractivity contribution in [3.63, 3.8) is 0 Å². The highest BCUT2D eigenvalue weighted by atomic mass is 32.1. The summed E-state index contributed by atoms with van der Waals surface area (Å²) in [7, 11) is 0. The molecule has 1 atom stereocenters. The van der Waals surface area contributed by atoms with Gasteiger partial charge in [0.2, 0.25) is 0 Å². The maximum Gasteiger partial charge on any atom is 0.317 e. The average Bonchev–Trinajstić information content (AvgIpc) is 3.21. The van der Waals surface area contributed by atoms with Crippen LogP contribution in [-0.2, 0) is 11.2 Å². The SMILES string of the molecule is O=C(NCCc1cccs1)N1CCN(C[C@H]2CCCO2)CC1. The first kappa shape index (κ1) is 15.8. The number of amides is 2. The third-order valence-corrected chi connectivity index (χ3v) is 5.31. The molecule has 2 aliphatic heterocycles. The first-order chi connectivity index (χ1) is 10.8. The van der Waals surface area contributed by atoms with Gasteiger partial charge in [-0.15, -0.1) is 11.3 Å². The van der Waals surface area contributed by atoms with Crippen LogP contribution in [0.15, 0.2) is 17.5 Å². The molecule has 3 rings (SSSR count). The maximum atomic E-state index is 12.2. The average molecular weight is 323 g/mol. The van der Waals surface area contributed by atoms with Crippen LogP contribution in [0.3, 0.4) is 0 Å². The number of hydrogen-bond donors (Lipinski definition) is 1. The van der Waals surface area contributed by atoms with Crippen molar-refractivity contribution in [1.29, 1.82) is 0 Å². The van der Waals surface area contributed by atoms with E-state index in [1.165, 1.54) is 17.7 Å². The van der Waals surface area contributed by atoms with Crippen molar-refractivity contribution < 1.29 is 9.53 Å². The first-order valence-electron chi connectivity index (χ1n) is 8.20. The van der Waals surface area contributed by atoms with Gasteiger partial charge in [0.1, 0.15) is 0 Å². The minimum Gasteiger partial charge on any atom is -0.377 e. The number of urea groups is 1. The van der Waals surface area contributed by atoms with Crippen LogP contribution in [0.1, 0.15) is 17.7 Å². The van der Waals surface area contributed by atoms with Gasteiger partial charge in [-0.2, -0.15) is 0 Å². The topological polar surface area (TPSA) is 44.8 Å². The lowest BCUT2D eigenvalue weighted by molar-refractivity contribution is 0.0561. The van der Waals surface area contributed by atoms with Gasteiger partial charge in [-0.1, -0.05) is 6.07 Å². The van der Waals surface area contributed by atoms with E-state index in [2.05, 4.69) is 27.7 Å². The van der Waals surface area contributed by atoms with Crippen LogP contribution in [0, 0.1) is 0 Å². The molecule has 1 aromatic rings. The third-order valence-electron chi connectivity index (χ3n) is 4.37. The highest BCUT2D eigenvalue weighted by Gasteiger charge is 2.24. The molecule has 0 bridgehead atoms. The Morgan fingerprint density at radius 1 is 1.36 bits per heavy atom. The van der Waals surface area contributed by atoms with Crippen molar-refractivity contribution in [2.24, 2.45) is 0 Å². The Bertz CT molecular complexity index is 452. The molecule has 2 fully saturated rings. The molecule has 3 heterocycles. The van der Waals surface area contributed by atoms with E-state index in [0.29, 0.717) is 6.10 Å². The van der Waals surface area contributed by atoms with Crippen molar-refractivity contribution in [3.8, 4) is 0 Å². The molecule has 1 aromatic heterocycles. The van der Waals surface area contributed by atoms with Crippen LogP contribution in [0.25, 0.3) is 0 Å². The number of thiophene rings is 1. The molecule has 0 saturated carbocycles. The van der Waals surface area contributed by atoms with E-state index in [0.717, 1.165) is 52.3 Å². The molecule has 0 spiro atoms. The number of carbonyl (C=O) groups excluding carboxylic acids is 1. The van der Waals surface area contributed by atoms with E-state index in [1.807, 2.05) is 4.90 Å². The Balaban J connectivity index is 1.32. The molecule has 1 N–H and O–H groups in total. The van der Waals surface area contributed by atoms with E-state index in [9.17, 15) is 4.79 Å². The molecule has 22 heavy (non-hydrogen) atoms. The van der Waals surface area contributed by atoms with Gasteiger partial charge in [0.05, 0.1) is 6.10 Å². The normalized spacial score (nSPS) is 22.9. The summed E-state index contributed by atoms with van der Waals surface area (Å²) in [5, 5.41) is 5.10. The summed E-state index contributed by atoms with van der Waals surface area (Å²) in [6.07, 6.45) is 3.70. The molecule has 2 saturated heterocycles. The fraction of sp³-hybridized carbons (Fsp3) is 0.688. The second kappa shape index (κ2) is 7.94. The minimum absolute atomic E-state index is 0.0772. The van der Waals surface area contributed by atoms with Gasteiger partial charge in [0, 0.05) is 50.8 Å². The summed E-state index contributed by atoms with van der Waals surface area (Å²) in [5.74, 6) is 0. The summed E-state index contributed by atoms with van der Waals surface area (Å²) in [5.41, 5.74) is 0. The maximum absolute atomic E-state index is 12.2. The Morgan fingerprint density at radius 2 is 2.23 bits per heavy atom. The summed E-state index contributed by atoms with van der Waals surface area (Å²) >= 11 is 1.74. The highest BCUT2D eigenvalue weighted by Crippen LogP contribution is 2.14. The molecule has 2 amide bonds. The van der Waals surface area contributed by atoms with E-state index in [1.54, 1.807) is 11.3 Å². The third kappa shape index (κ3) is 4.44. The van der Waals surface area contributed by atoms with Gasteiger partial charge in [-0.05, 0) is 30.7 Å². The zero-order chi connectivity index (χ0) is 15.2. The summed E-state index contributed by atoms with van der Waals surface area (Å²) in [6, 6.07) is 4.24. The zero-order valence-electron chi connectivity index (χ0n) is 13.0. The lowest BCUT2D eigenvalue weighted by atomic mass is 10.2. The van der Waals surface area contributed by atoms with Gasteiger partial charge in [-0.25, -0.2) is 4.79 Å². The summed E-state index contributed by atoms with van der Waals surface area (Å²) < 4.78 is 5.68. The van der Waals surface area contributed by atoms with Crippen molar-refractivity contribution in [3.05, 3.63) is 22.4 Å². The lowest BCUT2D eigenvalue weighted by Gasteiger charge is -2.35. The second-order valence-electron chi connectivity index (χ2n) is 5.98. The molecule has 6 heteroatoms. The smallest absolute Gasteiger partial charge is 0.317 e. The number of rotatable bonds is 5. The fourth-order valence-electron chi connectivity index (χ4n) is 3.07. The molecule has 2 aliphatic rings. The Labute approximate surface area is 136 Å². The number of ether oxygens (including phenoxy) is 1. The number of nitrogens with one attached hydrogen (secondary N) is 1. The monoisotopic (exact) mass is 323 g/mol. The van der Waals surface area contributed by atoms with E-state index in [4.69, 9.17) is 4.74 Å². The van der Waals surface area contributed by atoms with E-state index >= 15 is 0 Å². The molecule has 0 radical (unpaired) electrons. The van der Waals surface area contributed by atoms with Crippen LogP contribution < -0.4 is 5.32 Å². The predicted octanol–water partition coefficient (Wildman–Crippen LogP) is 1.80. The quantitative estimate of drug-likeness (QED) is 0.899. The van der Waals surface area contributed by atoms with Crippen LogP contribution >= 0.6 is 11.3 Å². The van der Waals surface area contributed by atoms with Gasteiger partial charge in [-0.3, -0.25) is 4.90 Å². The molecule has 0 aromatic carbocycles. The van der Waals surface area contributed by atoms with Gasteiger partial charge in [0.15, 0.2) is 0 Å². The van der Waals surface area contributed by atoms with Crippen LogP contribution in [0.5, 0.6) is 0 Å². The molecule has 0 unspecified atom stereocenters. The Morgan fingerprint density at radius 3 is 2.91 bits per heavy atom. The summed E-state index contributed by atoms with van der Waals surface area (Å²) in [4.78, 5) is 17.8. The highest BCUT2D eigenvalue weighted by molar-refractivity contribution is 7.09. The van der Waals surface area contributed by atoms with Crippen molar-refractivity contribution in [2.45, 2.75) is 25.4 Å². The lowest BCUT2D eigenvalue weighted by Crippen LogP contribution is -2.53. The van der Waals surface area contributed by atoms with Gasteiger partial charge < -0.3 is 15.0 Å². The predicted molar refractivity (Wildman–Crippen MR) is 88.4 cm³/mol. The van der Waals surface area contributed by atoms with Crippen LogP contribution in [0.2, 0.25) is 0 Å². The van der Waals surface area contributed by atoms with Gasteiger partial charge in [0.25, 0.3) is 0 Å².